The Balaban J connectivity index is 1.74. The van der Waals surface area contributed by atoms with Gasteiger partial charge in [-0.3, -0.25) is 19.0 Å². The number of nitrogens with one attached hydrogen (secondary N) is 1. The summed E-state index contributed by atoms with van der Waals surface area (Å²) < 4.78 is 2.81. The molecule has 1 N–H and O–H groups in total. The van der Waals surface area contributed by atoms with E-state index in [2.05, 4.69) is 10.3 Å². The molecule has 0 aliphatic rings. The summed E-state index contributed by atoms with van der Waals surface area (Å²) >= 11 is 1.40. The van der Waals surface area contributed by atoms with E-state index in [1.807, 2.05) is 5.38 Å². The first kappa shape index (κ1) is 16.1. The van der Waals surface area contributed by atoms with Crippen molar-refractivity contribution in [2.45, 2.75) is 19.9 Å². The number of nitrogens with zero attached hydrogens (tertiary/aromatic N) is 3. The molecule has 3 aromatic heterocycles. The quantitative estimate of drug-likeness (QED) is 0.777. The van der Waals surface area contributed by atoms with Crippen molar-refractivity contribution < 1.29 is 4.79 Å². The van der Waals surface area contributed by atoms with Gasteiger partial charge < -0.3 is 9.88 Å². The third kappa shape index (κ3) is 3.00. The number of carbonyl (C=O) groups excluding carboxylic acids is 1. The highest BCUT2D eigenvalue weighted by Crippen LogP contribution is 2.13. The molecule has 0 atom stereocenters. The molecule has 8 heteroatoms. The van der Waals surface area contributed by atoms with Crippen LogP contribution in [0.2, 0.25) is 0 Å². The molecule has 3 aromatic rings. The van der Waals surface area contributed by atoms with Crippen LogP contribution in [0.25, 0.3) is 10.2 Å². The van der Waals surface area contributed by atoms with Crippen LogP contribution < -0.4 is 16.4 Å². The Kier molecular flexibility index (Phi) is 4.30. The first-order valence-electron chi connectivity index (χ1n) is 7.36. The van der Waals surface area contributed by atoms with E-state index in [0.717, 1.165) is 0 Å². The molecule has 0 aliphatic heterocycles. The zero-order chi connectivity index (χ0) is 17.3. The summed E-state index contributed by atoms with van der Waals surface area (Å²) in [5.74, 6) is -0.321. The normalized spacial score (nSPS) is 10.9. The second-order valence-corrected chi connectivity index (χ2v) is 6.37. The molecule has 0 fully saturated rings. The van der Waals surface area contributed by atoms with E-state index in [4.69, 9.17) is 0 Å². The Morgan fingerprint density at radius 1 is 1.29 bits per heavy atom. The Bertz CT molecular complexity index is 1030. The number of thiophene rings is 1. The molecule has 7 nitrogen and oxygen atoms in total. The molecule has 0 saturated heterocycles. The number of anilines is 1. The summed E-state index contributed by atoms with van der Waals surface area (Å²) in [4.78, 5) is 41.3. The lowest BCUT2D eigenvalue weighted by Crippen LogP contribution is -2.27. The van der Waals surface area contributed by atoms with Gasteiger partial charge in [-0.2, -0.15) is 0 Å². The van der Waals surface area contributed by atoms with E-state index >= 15 is 0 Å². The SMILES string of the molecule is Cc1ccn(C)c(=O)c1NC(=O)CCn1cnc2sccc2c1=O. The van der Waals surface area contributed by atoms with Crippen LogP contribution in [0.15, 0.2) is 39.6 Å². The summed E-state index contributed by atoms with van der Waals surface area (Å²) in [6.45, 7) is 1.96. The van der Waals surface area contributed by atoms with Crippen molar-refractivity contribution in [3.63, 3.8) is 0 Å². The van der Waals surface area contributed by atoms with E-state index in [9.17, 15) is 14.4 Å². The van der Waals surface area contributed by atoms with Crippen LogP contribution in [-0.4, -0.2) is 20.0 Å². The summed E-state index contributed by atoms with van der Waals surface area (Å²) in [5, 5.41) is 5.00. The molecule has 0 radical (unpaired) electrons. The van der Waals surface area contributed by atoms with Crippen LogP contribution in [0, 0.1) is 6.92 Å². The summed E-state index contributed by atoms with van der Waals surface area (Å²) in [5.41, 5.74) is 0.538. The lowest BCUT2D eigenvalue weighted by molar-refractivity contribution is -0.116. The maximum Gasteiger partial charge on any atom is 0.274 e. The highest BCUT2D eigenvalue weighted by Gasteiger charge is 2.11. The Labute approximate surface area is 141 Å². The molecule has 3 heterocycles. The molecule has 0 aromatic carbocycles. The topological polar surface area (TPSA) is 86.0 Å². The van der Waals surface area contributed by atoms with Gasteiger partial charge in [0.25, 0.3) is 11.1 Å². The zero-order valence-electron chi connectivity index (χ0n) is 13.3. The van der Waals surface area contributed by atoms with Gasteiger partial charge in [0, 0.05) is 26.2 Å². The van der Waals surface area contributed by atoms with Crippen molar-refractivity contribution in [2.24, 2.45) is 7.05 Å². The Hall–Kier alpha value is -2.74. The Morgan fingerprint density at radius 3 is 2.88 bits per heavy atom. The predicted molar refractivity (Wildman–Crippen MR) is 93.5 cm³/mol. The fourth-order valence-electron chi connectivity index (χ4n) is 2.35. The van der Waals surface area contributed by atoms with Crippen molar-refractivity contribution in [1.29, 1.82) is 0 Å². The van der Waals surface area contributed by atoms with Crippen molar-refractivity contribution in [1.82, 2.24) is 14.1 Å². The molecule has 3 rings (SSSR count). The van der Waals surface area contributed by atoms with Crippen LogP contribution in [0.3, 0.4) is 0 Å². The van der Waals surface area contributed by atoms with E-state index in [1.165, 1.54) is 26.8 Å². The average molecular weight is 344 g/mol. The van der Waals surface area contributed by atoms with Gasteiger partial charge in [-0.15, -0.1) is 11.3 Å². The van der Waals surface area contributed by atoms with Crippen LogP contribution in [0.5, 0.6) is 0 Å². The third-order valence-electron chi connectivity index (χ3n) is 3.77. The zero-order valence-corrected chi connectivity index (χ0v) is 14.1. The van der Waals surface area contributed by atoms with Crippen molar-refractivity contribution in [2.75, 3.05) is 5.32 Å². The van der Waals surface area contributed by atoms with Crippen LogP contribution in [-0.2, 0) is 18.4 Å². The number of aryl methyl sites for hydroxylation is 3. The minimum Gasteiger partial charge on any atom is -0.321 e. The smallest absolute Gasteiger partial charge is 0.274 e. The lowest BCUT2D eigenvalue weighted by atomic mass is 10.2. The van der Waals surface area contributed by atoms with Crippen LogP contribution >= 0.6 is 11.3 Å². The van der Waals surface area contributed by atoms with Gasteiger partial charge in [0.05, 0.1) is 11.7 Å². The first-order valence-corrected chi connectivity index (χ1v) is 8.24. The third-order valence-corrected chi connectivity index (χ3v) is 4.59. The number of carbonyl (C=O) groups is 1. The van der Waals surface area contributed by atoms with Crippen molar-refractivity contribution in [3.8, 4) is 0 Å². The number of aromatic nitrogens is 3. The molecule has 0 saturated carbocycles. The lowest BCUT2D eigenvalue weighted by Gasteiger charge is -2.10. The van der Waals surface area contributed by atoms with E-state index < -0.39 is 0 Å². The fraction of sp³-hybridized carbons (Fsp3) is 0.250. The molecule has 0 aliphatic carbocycles. The molecule has 1 amide bonds. The van der Waals surface area contributed by atoms with Gasteiger partial charge in [-0.05, 0) is 30.0 Å². The maximum atomic E-state index is 12.3. The van der Waals surface area contributed by atoms with E-state index in [-0.39, 0.29) is 35.7 Å². The van der Waals surface area contributed by atoms with Gasteiger partial charge >= 0.3 is 0 Å². The van der Waals surface area contributed by atoms with Gasteiger partial charge in [-0.1, -0.05) is 0 Å². The monoisotopic (exact) mass is 344 g/mol. The number of hydrogen-bond acceptors (Lipinski definition) is 5. The van der Waals surface area contributed by atoms with Gasteiger partial charge in [-0.25, -0.2) is 4.98 Å². The minimum atomic E-state index is -0.321. The van der Waals surface area contributed by atoms with Crippen molar-refractivity contribution in [3.05, 3.63) is 56.3 Å². The number of rotatable bonds is 4. The second kappa shape index (κ2) is 6.40. The molecule has 0 unspecified atom stereocenters. The fourth-order valence-corrected chi connectivity index (χ4v) is 3.07. The highest BCUT2D eigenvalue weighted by atomic mass is 32.1. The van der Waals surface area contributed by atoms with Gasteiger partial charge in [0.2, 0.25) is 5.91 Å². The number of fused-ring (bicyclic) bond motifs is 1. The second-order valence-electron chi connectivity index (χ2n) is 5.47. The molecule has 0 spiro atoms. The minimum absolute atomic E-state index is 0.0781. The molecular formula is C16H16N4O3S. The number of amides is 1. The van der Waals surface area contributed by atoms with E-state index in [0.29, 0.717) is 15.8 Å². The summed E-state index contributed by atoms with van der Waals surface area (Å²) in [7, 11) is 1.62. The van der Waals surface area contributed by atoms with Gasteiger partial charge in [0.15, 0.2) is 0 Å². The van der Waals surface area contributed by atoms with E-state index in [1.54, 1.807) is 32.3 Å². The standard InChI is InChI=1S/C16H16N4O3S/c1-10-3-6-19(2)16(23)13(10)18-12(21)4-7-20-9-17-14-11(15(20)22)5-8-24-14/h3,5-6,8-9H,4,7H2,1-2H3,(H,18,21). The van der Waals surface area contributed by atoms with Crippen LogP contribution in [0.4, 0.5) is 5.69 Å². The number of hydrogen-bond donors (Lipinski definition) is 1. The molecule has 24 heavy (non-hydrogen) atoms. The van der Waals surface area contributed by atoms with Crippen molar-refractivity contribution >= 4 is 33.1 Å². The number of pyridine rings is 1. The maximum absolute atomic E-state index is 12.3. The summed E-state index contributed by atoms with van der Waals surface area (Å²) in [6, 6.07) is 3.48. The highest BCUT2D eigenvalue weighted by molar-refractivity contribution is 7.16. The predicted octanol–water partition coefficient (Wildman–Crippen LogP) is 1.49. The average Bonchev–Trinajstić information content (AvgIpc) is 3.04. The van der Waals surface area contributed by atoms with Gasteiger partial charge in [0.1, 0.15) is 10.5 Å². The first-order chi connectivity index (χ1) is 11.5. The molecule has 124 valence electrons. The van der Waals surface area contributed by atoms with Crippen LogP contribution in [0.1, 0.15) is 12.0 Å². The molecular weight excluding hydrogens is 328 g/mol. The Morgan fingerprint density at radius 2 is 2.08 bits per heavy atom. The largest absolute Gasteiger partial charge is 0.321 e. The summed E-state index contributed by atoms with van der Waals surface area (Å²) in [6.07, 6.45) is 3.17. The molecule has 0 bridgehead atoms.